The summed E-state index contributed by atoms with van der Waals surface area (Å²) in [6.07, 6.45) is -0.630. The van der Waals surface area contributed by atoms with Crippen LogP contribution in [0.5, 0.6) is 0 Å². The zero-order valence-corrected chi connectivity index (χ0v) is 9.93. The van der Waals surface area contributed by atoms with Gasteiger partial charge in [-0.05, 0) is 6.92 Å². The fourth-order valence-corrected chi connectivity index (χ4v) is 2.34. The highest BCUT2D eigenvalue weighted by molar-refractivity contribution is 5.59. The standard InChI is InChI=1S/C10H18N2O4/c1-4-14-9(13)16-12-5-8-10(2,6-12)7-15-11(8)3/h8H,4-7H2,1-3H3. The van der Waals surface area contributed by atoms with Crippen LogP contribution in [0.25, 0.3) is 0 Å². The lowest BCUT2D eigenvalue weighted by molar-refractivity contribution is -0.155. The van der Waals surface area contributed by atoms with E-state index in [1.165, 1.54) is 0 Å². The Hall–Kier alpha value is -0.850. The Bertz CT molecular complexity index is 286. The van der Waals surface area contributed by atoms with Crippen molar-refractivity contribution in [3.63, 3.8) is 0 Å². The highest BCUT2D eigenvalue weighted by Crippen LogP contribution is 2.38. The minimum atomic E-state index is -0.630. The predicted octanol–water partition coefficient (Wildman–Crippen LogP) is 0.642. The van der Waals surface area contributed by atoms with Crippen molar-refractivity contribution >= 4 is 6.16 Å². The van der Waals surface area contributed by atoms with Gasteiger partial charge in [0.25, 0.3) is 0 Å². The van der Waals surface area contributed by atoms with Crippen LogP contribution in [0, 0.1) is 5.41 Å². The summed E-state index contributed by atoms with van der Waals surface area (Å²) in [5.74, 6) is 0. The minimum absolute atomic E-state index is 0.0290. The largest absolute Gasteiger partial charge is 0.527 e. The van der Waals surface area contributed by atoms with Gasteiger partial charge in [-0.1, -0.05) is 6.92 Å². The average Bonchev–Trinajstić information content (AvgIpc) is 2.64. The number of fused-ring (bicyclic) bond motifs is 1. The van der Waals surface area contributed by atoms with Gasteiger partial charge in [-0.25, -0.2) is 4.79 Å². The van der Waals surface area contributed by atoms with Crippen LogP contribution in [0.1, 0.15) is 13.8 Å². The molecule has 2 heterocycles. The summed E-state index contributed by atoms with van der Waals surface area (Å²) in [6.45, 7) is 6.22. The topological polar surface area (TPSA) is 51.2 Å². The van der Waals surface area contributed by atoms with E-state index < -0.39 is 6.16 Å². The minimum Gasteiger partial charge on any atom is -0.433 e. The maximum absolute atomic E-state index is 11.2. The van der Waals surface area contributed by atoms with E-state index in [1.54, 1.807) is 12.0 Å². The Balaban J connectivity index is 1.90. The molecule has 92 valence electrons. The molecule has 2 rings (SSSR count). The second-order valence-electron chi connectivity index (χ2n) is 4.59. The molecule has 0 bridgehead atoms. The molecule has 2 aliphatic heterocycles. The molecule has 2 fully saturated rings. The van der Waals surface area contributed by atoms with E-state index in [9.17, 15) is 4.79 Å². The molecule has 2 saturated heterocycles. The van der Waals surface area contributed by atoms with Crippen molar-refractivity contribution in [2.45, 2.75) is 19.9 Å². The Labute approximate surface area is 94.9 Å². The van der Waals surface area contributed by atoms with Gasteiger partial charge in [-0.3, -0.25) is 4.84 Å². The van der Waals surface area contributed by atoms with Crippen LogP contribution in [0.15, 0.2) is 0 Å². The Kier molecular flexibility index (Phi) is 3.05. The molecule has 6 heteroatoms. The summed E-state index contributed by atoms with van der Waals surface area (Å²) in [5.41, 5.74) is 0.0290. The van der Waals surface area contributed by atoms with E-state index in [0.29, 0.717) is 26.3 Å². The number of carbonyl (C=O) groups excluding carboxylic acids is 1. The van der Waals surface area contributed by atoms with Crippen LogP contribution in [0.4, 0.5) is 4.79 Å². The number of hydrogen-bond donors (Lipinski definition) is 0. The molecule has 0 amide bonds. The number of nitrogens with zero attached hydrogens (tertiary/aromatic N) is 2. The van der Waals surface area contributed by atoms with Crippen LogP contribution < -0.4 is 0 Å². The van der Waals surface area contributed by atoms with Gasteiger partial charge in [0.05, 0.1) is 25.8 Å². The molecular formula is C10H18N2O4. The first-order valence-corrected chi connectivity index (χ1v) is 5.50. The number of hydrogen-bond acceptors (Lipinski definition) is 6. The van der Waals surface area contributed by atoms with E-state index in [-0.39, 0.29) is 11.5 Å². The van der Waals surface area contributed by atoms with Gasteiger partial charge >= 0.3 is 6.16 Å². The molecule has 0 saturated carbocycles. The number of ether oxygens (including phenoxy) is 1. The van der Waals surface area contributed by atoms with E-state index in [2.05, 4.69) is 6.92 Å². The fourth-order valence-electron chi connectivity index (χ4n) is 2.34. The number of likely N-dealkylation sites (N-methyl/N-ethyl adjacent to an activating group) is 1. The Morgan fingerprint density at radius 2 is 2.38 bits per heavy atom. The molecule has 2 atom stereocenters. The van der Waals surface area contributed by atoms with E-state index >= 15 is 0 Å². The first kappa shape index (κ1) is 11.6. The first-order valence-electron chi connectivity index (χ1n) is 5.50. The van der Waals surface area contributed by atoms with Crippen molar-refractivity contribution in [2.24, 2.45) is 5.41 Å². The molecular weight excluding hydrogens is 212 g/mol. The van der Waals surface area contributed by atoms with Crippen LogP contribution in [-0.4, -0.2) is 55.7 Å². The molecule has 2 unspecified atom stereocenters. The van der Waals surface area contributed by atoms with Crippen molar-refractivity contribution in [3.05, 3.63) is 0 Å². The SMILES string of the molecule is CCOC(=O)ON1CC2N(C)OCC2(C)C1. The van der Waals surface area contributed by atoms with Crippen LogP contribution >= 0.6 is 0 Å². The molecule has 2 aliphatic rings. The molecule has 6 nitrogen and oxygen atoms in total. The van der Waals surface area contributed by atoms with Crippen molar-refractivity contribution < 1.29 is 19.2 Å². The highest BCUT2D eigenvalue weighted by Gasteiger charge is 2.51. The maximum atomic E-state index is 11.2. The monoisotopic (exact) mass is 230 g/mol. The summed E-state index contributed by atoms with van der Waals surface area (Å²) in [5, 5.41) is 3.50. The third-order valence-corrected chi connectivity index (χ3v) is 3.22. The second-order valence-corrected chi connectivity index (χ2v) is 4.59. The summed E-state index contributed by atoms with van der Waals surface area (Å²) in [7, 11) is 1.91. The lowest BCUT2D eigenvalue weighted by Crippen LogP contribution is -2.35. The predicted molar refractivity (Wildman–Crippen MR) is 55.3 cm³/mol. The van der Waals surface area contributed by atoms with Crippen LogP contribution in [0.2, 0.25) is 0 Å². The van der Waals surface area contributed by atoms with E-state index in [1.807, 2.05) is 12.1 Å². The number of rotatable bonds is 2. The van der Waals surface area contributed by atoms with Crippen molar-refractivity contribution in [1.29, 1.82) is 0 Å². The molecule has 0 N–H and O–H groups in total. The van der Waals surface area contributed by atoms with Gasteiger partial charge in [0.1, 0.15) is 0 Å². The zero-order chi connectivity index (χ0) is 11.8. The van der Waals surface area contributed by atoms with Gasteiger partial charge in [0.15, 0.2) is 0 Å². The normalized spacial score (nSPS) is 35.1. The van der Waals surface area contributed by atoms with Gasteiger partial charge in [0.2, 0.25) is 0 Å². The summed E-state index contributed by atoms with van der Waals surface area (Å²) >= 11 is 0. The maximum Gasteiger partial charge on any atom is 0.527 e. The molecule has 0 radical (unpaired) electrons. The number of hydroxylamine groups is 4. The summed E-state index contributed by atoms with van der Waals surface area (Å²) in [4.78, 5) is 21.7. The smallest absolute Gasteiger partial charge is 0.433 e. The molecule has 16 heavy (non-hydrogen) atoms. The highest BCUT2D eigenvalue weighted by atomic mass is 16.8. The molecule has 0 aromatic heterocycles. The zero-order valence-electron chi connectivity index (χ0n) is 9.93. The lowest BCUT2D eigenvalue weighted by Gasteiger charge is -2.20. The van der Waals surface area contributed by atoms with E-state index in [4.69, 9.17) is 14.4 Å². The average molecular weight is 230 g/mol. The summed E-state index contributed by atoms with van der Waals surface area (Å²) < 4.78 is 4.74. The van der Waals surface area contributed by atoms with Gasteiger partial charge in [-0.2, -0.15) is 5.06 Å². The molecule has 0 aromatic carbocycles. The third-order valence-electron chi connectivity index (χ3n) is 3.22. The first-order chi connectivity index (χ1) is 7.55. The quantitative estimate of drug-likeness (QED) is 0.649. The van der Waals surface area contributed by atoms with Gasteiger partial charge in [-0.15, -0.1) is 5.06 Å². The fraction of sp³-hybridized carbons (Fsp3) is 0.900. The molecule has 0 spiro atoms. The van der Waals surface area contributed by atoms with Gasteiger partial charge in [0, 0.05) is 19.0 Å². The lowest BCUT2D eigenvalue weighted by atomic mass is 9.87. The van der Waals surface area contributed by atoms with Crippen LogP contribution in [0.3, 0.4) is 0 Å². The third kappa shape index (κ3) is 2.00. The van der Waals surface area contributed by atoms with Crippen LogP contribution in [-0.2, 0) is 14.4 Å². The van der Waals surface area contributed by atoms with Crippen molar-refractivity contribution in [3.8, 4) is 0 Å². The Morgan fingerprint density at radius 1 is 1.62 bits per heavy atom. The molecule has 0 aromatic rings. The Morgan fingerprint density at radius 3 is 3.00 bits per heavy atom. The molecule has 0 aliphatic carbocycles. The van der Waals surface area contributed by atoms with Crippen molar-refractivity contribution in [1.82, 2.24) is 10.1 Å². The second kappa shape index (κ2) is 4.20. The van der Waals surface area contributed by atoms with E-state index in [0.717, 1.165) is 0 Å². The number of carbonyl (C=O) groups is 1. The van der Waals surface area contributed by atoms with Gasteiger partial charge < -0.3 is 9.57 Å². The summed E-state index contributed by atoms with van der Waals surface area (Å²) in [6, 6.07) is 0.266. The van der Waals surface area contributed by atoms with Crippen molar-refractivity contribution in [2.75, 3.05) is 33.4 Å².